The Hall–Kier alpha value is -2.56. The van der Waals surface area contributed by atoms with Gasteiger partial charge in [-0.3, -0.25) is 4.79 Å². The Kier molecular flexibility index (Phi) is 10.1. The van der Waals surface area contributed by atoms with E-state index in [1.807, 2.05) is 48.5 Å². The predicted molar refractivity (Wildman–Crippen MR) is 150 cm³/mol. The summed E-state index contributed by atoms with van der Waals surface area (Å²) >= 11 is 0. The molecule has 0 aromatic heterocycles. The molecule has 194 valence electrons. The number of carbonyl (C=O) groups excluding carboxylic acids is 1. The Morgan fingerprint density at radius 3 is 1.89 bits per heavy atom. The van der Waals surface area contributed by atoms with Gasteiger partial charge < -0.3 is 13.8 Å². The summed E-state index contributed by atoms with van der Waals surface area (Å²) in [5.74, 6) is 0.512. The van der Waals surface area contributed by atoms with E-state index in [1.54, 1.807) is 0 Å². The summed E-state index contributed by atoms with van der Waals surface area (Å²) in [5, 5.41) is 0. The highest BCUT2D eigenvalue weighted by atomic mass is 16.6. The monoisotopic (exact) mass is 489 g/mol. The van der Waals surface area contributed by atoms with Crippen LogP contribution in [0, 0.1) is 0 Å². The van der Waals surface area contributed by atoms with E-state index in [2.05, 4.69) is 17.6 Å². The average molecular weight is 490 g/mol. The summed E-state index contributed by atoms with van der Waals surface area (Å²) in [5.41, 5.74) is 2.49. The lowest BCUT2D eigenvalue weighted by Gasteiger charge is -2.42. The lowest BCUT2D eigenvalue weighted by molar-refractivity contribution is -0.340. The van der Waals surface area contributed by atoms with Crippen molar-refractivity contribution in [3.63, 3.8) is 0 Å². The normalized spacial score (nSPS) is 17.9. The van der Waals surface area contributed by atoms with Gasteiger partial charge in [-0.15, -0.1) is 0 Å². The van der Waals surface area contributed by atoms with Crippen molar-refractivity contribution in [3.8, 4) is 5.75 Å². The Balaban J connectivity index is 1.19. The van der Waals surface area contributed by atoms with Gasteiger partial charge in [0.1, 0.15) is 11.8 Å². The summed E-state index contributed by atoms with van der Waals surface area (Å²) in [6.07, 6.45) is 22.8. The molecule has 0 saturated heterocycles. The van der Waals surface area contributed by atoms with Crippen LogP contribution in [0.2, 0.25) is 6.32 Å². The van der Waals surface area contributed by atoms with Crippen LogP contribution in [0.5, 0.6) is 5.75 Å². The van der Waals surface area contributed by atoms with Crippen LogP contribution in [0.15, 0.2) is 48.5 Å². The molecule has 5 heteroatoms. The minimum Gasteiger partial charge on any atom is -0.622 e. The summed E-state index contributed by atoms with van der Waals surface area (Å²) in [7, 11) is 0. The summed E-state index contributed by atoms with van der Waals surface area (Å²) in [6, 6.07) is 15.7. The van der Waals surface area contributed by atoms with Gasteiger partial charge in [0.2, 0.25) is 0 Å². The number of hydrogen-bond donors (Lipinski definition) is 0. The third kappa shape index (κ3) is 6.81. The second-order valence-corrected chi connectivity index (χ2v) is 10.7. The SMILES string of the molecule is CCCCCCCCCCCCCCCCC[B-]12OC(=O)c3ccccc3[N+]1=Cc1ccccc1O2. The molecule has 2 heterocycles. The largest absolute Gasteiger partial charge is 0.656 e. The van der Waals surface area contributed by atoms with Gasteiger partial charge in [-0.05, 0) is 24.5 Å². The van der Waals surface area contributed by atoms with E-state index < -0.39 is 6.69 Å². The van der Waals surface area contributed by atoms with Crippen molar-refractivity contribution in [2.45, 2.75) is 110 Å². The minimum absolute atomic E-state index is 0.282. The van der Waals surface area contributed by atoms with Crippen LogP contribution in [-0.4, -0.2) is 23.4 Å². The molecule has 2 aliphatic heterocycles. The maximum absolute atomic E-state index is 12.9. The molecule has 4 rings (SSSR count). The summed E-state index contributed by atoms with van der Waals surface area (Å²) in [4.78, 5) is 12.9. The first kappa shape index (κ1) is 26.5. The standard InChI is InChI=1S/C31H44BNO3/c1-2-3-4-5-6-7-8-9-10-11-12-13-14-15-20-25-32-33(26-27-21-16-19-24-30(27)35-32)29-23-18-17-22-28(29)31(34)36-32/h16-19,21-24,26H,2-15,20,25H2,1H3. The van der Waals surface area contributed by atoms with E-state index in [1.165, 1.54) is 83.5 Å². The Labute approximate surface area is 218 Å². The van der Waals surface area contributed by atoms with E-state index in [9.17, 15) is 4.79 Å². The highest BCUT2D eigenvalue weighted by Gasteiger charge is 2.54. The highest BCUT2D eigenvalue weighted by Crippen LogP contribution is 2.38. The van der Waals surface area contributed by atoms with Gasteiger partial charge in [0.05, 0.1) is 11.3 Å². The fourth-order valence-corrected chi connectivity index (χ4v) is 5.71. The van der Waals surface area contributed by atoms with Crippen LogP contribution in [0.1, 0.15) is 119 Å². The second-order valence-electron chi connectivity index (χ2n) is 10.7. The van der Waals surface area contributed by atoms with Crippen molar-refractivity contribution < 1.29 is 18.6 Å². The van der Waals surface area contributed by atoms with Crippen LogP contribution in [-0.2, 0) is 4.65 Å². The molecular formula is C31H44BNO3. The molecule has 36 heavy (non-hydrogen) atoms. The number of rotatable bonds is 16. The van der Waals surface area contributed by atoms with E-state index >= 15 is 0 Å². The minimum atomic E-state index is -1.93. The molecule has 1 atom stereocenters. The molecule has 2 aromatic rings. The number of benzene rings is 2. The zero-order valence-electron chi connectivity index (χ0n) is 22.3. The molecule has 0 aliphatic carbocycles. The van der Waals surface area contributed by atoms with E-state index in [0.29, 0.717) is 11.9 Å². The van der Waals surface area contributed by atoms with E-state index in [4.69, 9.17) is 9.31 Å². The third-order valence-corrected chi connectivity index (χ3v) is 7.80. The van der Waals surface area contributed by atoms with Gasteiger partial charge in [-0.2, -0.15) is 0 Å². The van der Waals surface area contributed by atoms with Crippen molar-refractivity contribution in [1.29, 1.82) is 0 Å². The van der Waals surface area contributed by atoms with Crippen LogP contribution in [0.25, 0.3) is 0 Å². The molecular weight excluding hydrogens is 445 g/mol. The maximum Gasteiger partial charge on any atom is 0.656 e. The van der Waals surface area contributed by atoms with E-state index in [-0.39, 0.29) is 5.97 Å². The zero-order valence-corrected chi connectivity index (χ0v) is 22.3. The lowest BCUT2D eigenvalue weighted by Crippen LogP contribution is -2.60. The van der Waals surface area contributed by atoms with Crippen LogP contribution < -0.4 is 4.65 Å². The van der Waals surface area contributed by atoms with Crippen molar-refractivity contribution in [2.24, 2.45) is 0 Å². The smallest absolute Gasteiger partial charge is 0.622 e. The fraction of sp³-hybridized carbons (Fsp3) is 0.548. The molecule has 2 aromatic carbocycles. The number of nitrogens with zero attached hydrogens (tertiary/aromatic N) is 1. The molecule has 1 unspecified atom stereocenters. The number of fused-ring (bicyclic) bond motifs is 4. The number of hydrogen-bond acceptors (Lipinski definition) is 3. The molecule has 0 radical (unpaired) electrons. The molecule has 0 saturated carbocycles. The second kappa shape index (κ2) is 13.7. The third-order valence-electron chi connectivity index (χ3n) is 7.80. The van der Waals surface area contributed by atoms with Crippen molar-refractivity contribution in [3.05, 3.63) is 59.7 Å². The van der Waals surface area contributed by atoms with Crippen molar-refractivity contribution in [2.75, 3.05) is 0 Å². The fourth-order valence-electron chi connectivity index (χ4n) is 5.71. The first-order chi connectivity index (χ1) is 17.7. The topological polar surface area (TPSA) is 38.5 Å². The molecule has 0 spiro atoms. The molecule has 0 amide bonds. The summed E-state index contributed by atoms with van der Waals surface area (Å²) in [6.45, 7) is 0.352. The number of carbonyl (C=O) groups is 1. The zero-order chi connectivity index (χ0) is 25.1. The quantitative estimate of drug-likeness (QED) is 0.175. The lowest BCUT2D eigenvalue weighted by atomic mass is 9.62. The Morgan fingerprint density at radius 1 is 0.667 bits per heavy atom. The van der Waals surface area contributed by atoms with Gasteiger partial charge in [-0.1, -0.05) is 128 Å². The van der Waals surface area contributed by atoms with Crippen LogP contribution >= 0.6 is 0 Å². The van der Waals surface area contributed by atoms with Crippen molar-refractivity contribution >= 4 is 24.6 Å². The van der Waals surface area contributed by atoms with Gasteiger partial charge >= 0.3 is 12.7 Å². The first-order valence-corrected chi connectivity index (χ1v) is 14.6. The Morgan fingerprint density at radius 2 is 1.22 bits per heavy atom. The van der Waals surface area contributed by atoms with Crippen molar-refractivity contribution in [1.82, 2.24) is 0 Å². The molecule has 0 N–H and O–H groups in total. The molecule has 0 bridgehead atoms. The summed E-state index contributed by atoms with van der Waals surface area (Å²) < 4.78 is 14.6. The van der Waals surface area contributed by atoms with Crippen LogP contribution in [0.4, 0.5) is 5.69 Å². The first-order valence-electron chi connectivity index (χ1n) is 14.6. The molecule has 0 fully saturated rings. The molecule has 2 aliphatic rings. The number of unbranched alkanes of at least 4 members (excludes halogenated alkanes) is 14. The van der Waals surface area contributed by atoms with Gasteiger partial charge in [0.15, 0.2) is 5.69 Å². The van der Waals surface area contributed by atoms with Gasteiger partial charge in [0, 0.05) is 6.07 Å². The van der Waals surface area contributed by atoms with Gasteiger partial charge in [-0.25, -0.2) is 0 Å². The van der Waals surface area contributed by atoms with Crippen LogP contribution in [0.3, 0.4) is 0 Å². The van der Waals surface area contributed by atoms with E-state index in [0.717, 1.165) is 29.8 Å². The maximum atomic E-state index is 12.9. The number of para-hydroxylation sites is 2. The predicted octanol–water partition coefficient (Wildman–Crippen LogP) is 8.82. The van der Waals surface area contributed by atoms with Gasteiger partial charge in [0.25, 0.3) is 0 Å². The Bertz CT molecular complexity index is 1020. The molecule has 4 nitrogen and oxygen atoms in total. The highest BCUT2D eigenvalue weighted by molar-refractivity contribution is 6.64. The average Bonchev–Trinajstić information content (AvgIpc) is 2.90.